The van der Waals surface area contributed by atoms with Crippen molar-refractivity contribution in [2.75, 3.05) is 17.9 Å². The Morgan fingerprint density at radius 2 is 1.85 bits per heavy atom. The summed E-state index contributed by atoms with van der Waals surface area (Å²) in [6.45, 7) is -0.219. The Kier molecular flexibility index (Phi) is 7.71. The van der Waals surface area contributed by atoms with E-state index < -0.39 is 24.2 Å². The lowest BCUT2D eigenvalue weighted by Gasteiger charge is -2.22. The van der Waals surface area contributed by atoms with Crippen LogP contribution in [0.5, 0.6) is 5.75 Å². The third-order valence-electron chi connectivity index (χ3n) is 6.55. The van der Waals surface area contributed by atoms with Crippen LogP contribution in [0.4, 0.5) is 10.1 Å². The van der Waals surface area contributed by atoms with Crippen LogP contribution in [-0.2, 0) is 17.8 Å². The minimum Gasteiger partial charge on any atom is -0.496 e. The van der Waals surface area contributed by atoms with Crippen molar-refractivity contribution in [3.8, 4) is 17.1 Å². The van der Waals surface area contributed by atoms with E-state index in [9.17, 15) is 17.9 Å². The largest absolute Gasteiger partial charge is 0.496 e. The van der Waals surface area contributed by atoms with Gasteiger partial charge in [-0.05, 0) is 90.6 Å². The van der Waals surface area contributed by atoms with E-state index in [2.05, 4.69) is 5.32 Å². The third kappa shape index (κ3) is 5.83. The molecule has 3 aromatic carbocycles. The molecule has 9 nitrogen and oxygen atoms in total. The van der Waals surface area contributed by atoms with Crippen LogP contribution < -0.4 is 14.4 Å². The molecule has 1 unspecified atom stereocenters. The number of nitrogens with one attached hydrogen (secondary N) is 1. The number of halogens is 1. The molecule has 0 spiro atoms. The Morgan fingerprint density at radius 3 is 2.44 bits per heavy atom. The summed E-state index contributed by atoms with van der Waals surface area (Å²) < 4.78 is 48.8. The maximum atomic E-state index is 13.6. The van der Waals surface area contributed by atoms with Crippen molar-refractivity contribution in [2.24, 2.45) is 0 Å². The van der Waals surface area contributed by atoms with Crippen LogP contribution in [0.1, 0.15) is 40.2 Å². The number of hydrogen-bond acceptors (Lipinski definition) is 6. The summed E-state index contributed by atoms with van der Waals surface area (Å²) in [4.78, 5) is 12.9. The highest BCUT2D eigenvalue weighted by Gasteiger charge is 2.30. The molecule has 1 aliphatic rings. The van der Waals surface area contributed by atoms with E-state index in [-0.39, 0.29) is 24.9 Å². The van der Waals surface area contributed by atoms with Gasteiger partial charge in [-0.15, -0.1) is 0 Å². The highest BCUT2D eigenvalue weighted by atomic mass is 32.2. The number of rotatable bonds is 10. The van der Waals surface area contributed by atoms with Crippen LogP contribution in [0.2, 0.25) is 0 Å². The van der Waals surface area contributed by atoms with Crippen molar-refractivity contribution < 1.29 is 37.1 Å². The molecule has 39 heavy (non-hydrogen) atoms. The minimum absolute atomic E-state index is 0.0856. The molecule has 1 aliphatic carbocycles. The van der Waals surface area contributed by atoms with Crippen molar-refractivity contribution in [2.45, 2.75) is 25.3 Å². The van der Waals surface area contributed by atoms with Crippen LogP contribution in [0.15, 0.2) is 65.1 Å². The number of carbonyl (C=O) groups excluding carboxylic acids is 1. The topological polar surface area (TPSA) is 132 Å². The summed E-state index contributed by atoms with van der Waals surface area (Å²) in [5.41, 5.74) is 3.52. The van der Waals surface area contributed by atoms with E-state index in [0.717, 1.165) is 24.0 Å². The van der Waals surface area contributed by atoms with Crippen LogP contribution in [0.25, 0.3) is 22.3 Å². The molecule has 1 aromatic heterocycles. The molecule has 0 aliphatic heterocycles. The number of nitrogens with zero attached hydrogens (tertiary/aromatic N) is 1. The van der Waals surface area contributed by atoms with Crippen molar-refractivity contribution in [3.63, 3.8) is 0 Å². The van der Waals surface area contributed by atoms with Crippen LogP contribution in [-0.4, -0.2) is 45.4 Å². The van der Waals surface area contributed by atoms with Gasteiger partial charge in [-0.3, -0.25) is 13.7 Å². The third-order valence-corrected chi connectivity index (χ3v) is 7.27. The molecule has 1 atom stereocenters. The summed E-state index contributed by atoms with van der Waals surface area (Å²) in [6.07, 6.45) is 1.92. The second kappa shape index (κ2) is 11.2. The summed E-state index contributed by atoms with van der Waals surface area (Å²) >= 11 is -2.36. The molecule has 4 N–H and O–H groups in total. The van der Waals surface area contributed by atoms with Crippen molar-refractivity contribution in [3.05, 3.63) is 83.2 Å². The predicted octanol–water partition coefficient (Wildman–Crippen LogP) is 4.01. The van der Waals surface area contributed by atoms with E-state index in [1.807, 2.05) is 6.07 Å². The number of amides is 1. The van der Waals surface area contributed by atoms with Crippen LogP contribution in [0.3, 0.4) is 0 Å². The Hall–Kier alpha value is -3.71. The van der Waals surface area contributed by atoms with Gasteiger partial charge >= 0.3 is 7.12 Å². The fourth-order valence-corrected chi connectivity index (χ4v) is 5.09. The lowest BCUT2D eigenvalue weighted by molar-refractivity contribution is 0.0964. The number of ether oxygens (including phenoxy) is 1. The maximum absolute atomic E-state index is 13.6. The van der Waals surface area contributed by atoms with E-state index in [4.69, 9.17) is 19.2 Å². The first kappa shape index (κ1) is 26.9. The Labute approximate surface area is 226 Å². The van der Waals surface area contributed by atoms with Crippen molar-refractivity contribution >= 4 is 40.9 Å². The second-order valence-corrected chi connectivity index (χ2v) is 10.2. The van der Waals surface area contributed by atoms with Gasteiger partial charge in [0.1, 0.15) is 29.4 Å². The quantitative estimate of drug-likeness (QED) is 0.173. The number of furan rings is 1. The number of carbonyl (C=O) groups is 1. The maximum Gasteiger partial charge on any atom is 0.491 e. The molecule has 1 saturated carbocycles. The zero-order valence-electron chi connectivity index (χ0n) is 21.0. The van der Waals surface area contributed by atoms with Crippen LogP contribution >= 0.6 is 0 Å². The normalized spacial score (nSPS) is 13.8. The Morgan fingerprint density at radius 1 is 1.15 bits per heavy atom. The van der Waals surface area contributed by atoms with Gasteiger partial charge in [0.25, 0.3) is 17.2 Å². The standard InChI is InChI=1S/C27H26BFN2O7S/c1-30-27(32)25-23-13-22(16-2-3-16)18(12-24(23)38-26(25)17-4-6-19(29)7-5-17)14-31(39(35)36)20-8-10-21(11-9-20)37-15-28(33)34/h4-13,16,33-34H,2-3,14-15H2,1H3,(H,30,32)(H,35,36). The fraction of sp³-hybridized carbons (Fsp3) is 0.222. The molecule has 0 saturated heterocycles. The zero-order chi connectivity index (χ0) is 27.7. The lowest BCUT2D eigenvalue weighted by atomic mass is 9.95. The average Bonchev–Trinajstić information content (AvgIpc) is 3.70. The van der Waals surface area contributed by atoms with Gasteiger partial charge in [-0.2, -0.15) is 0 Å². The second-order valence-electron chi connectivity index (χ2n) is 9.27. The van der Waals surface area contributed by atoms with Crippen LogP contribution in [0, 0.1) is 5.82 Å². The summed E-state index contributed by atoms with van der Waals surface area (Å²) in [5, 5.41) is 21.2. The molecule has 202 valence electrons. The molecular weight excluding hydrogens is 526 g/mol. The van der Waals surface area contributed by atoms with E-state index in [1.54, 1.807) is 42.5 Å². The Bertz CT molecular complexity index is 1520. The van der Waals surface area contributed by atoms with E-state index in [1.165, 1.54) is 23.5 Å². The van der Waals surface area contributed by atoms with Gasteiger partial charge in [-0.1, -0.05) is 0 Å². The molecule has 4 aromatic rings. The first-order valence-corrected chi connectivity index (χ1v) is 13.4. The molecule has 1 heterocycles. The number of anilines is 1. The fourth-order valence-electron chi connectivity index (χ4n) is 4.54. The highest BCUT2D eigenvalue weighted by molar-refractivity contribution is 7.80. The Balaban J connectivity index is 1.55. The van der Waals surface area contributed by atoms with Gasteiger partial charge in [0, 0.05) is 18.0 Å². The van der Waals surface area contributed by atoms with Crippen molar-refractivity contribution in [1.29, 1.82) is 0 Å². The van der Waals surface area contributed by atoms with Gasteiger partial charge in [-0.25, -0.2) is 8.60 Å². The monoisotopic (exact) mass is 552 g/mol. The SMILES string of the molecule is CNC(=O)c1c(-c2ccc(F)cc2)oc2cc(CN(c3ccc(OCB(O)O)cc3)S(=O)O)c(C3CC3)cc12. The highest BCUT2D eigenvalue weighted by Crippen LogP contribution is 2.45. The molecule has 1 fully saturated rings. The molecule has 12 heteroatoms. The minimum atomic E-state index is -2.36. The van der Waals surface area contributed by atoms with Gasteiger partial charge in [0.15, 0.2) is 0 Å². The lowest BCUT2D eigenvalue weighted by Crippen LogP contribution is -2.25. The number of benzene rings is 3. The van der Waals surface area contributed by atoms with E-state index in [0.29, 0.717) is 39.3 Å². The average molecular weight is 552 g/mol. The molecule has 0 bridgehead atoms. The van der Waals surface area contributed by atoms with Crippen molar-refractivity contribution in [1.82, 2.24) is 5.32 Å². The number of hydrogen-bond donors (Lipinski definition) is 4. The summed E-state index contributed by atoms with van der Waals surface area (Å²) in [5.74, 6) is 0.200. The summed E-state index contributed by atoms with van der Waals surface area (Å²) in [7, 11) is -0.0846. The van der Waals surface area contributed by atoms with Gasteiger partial charge in [0.2, 0.25) is 0 Å². The summed E-state index contributed by atoms with van der Waals surface area (Å²) in [6, 6.07) is 15.8. The molecular formula is C27H26BFN2O7S. The van der Waals surface area contributed by atoms with Gasteiger partial charge in [0.05, 0.1) is 17.8 Å². The molecule has 1 amide bonds. The first-order chi connectivity index (χ1) is 18.7. The number of fused-ring (bicyclic) bond motifs is 1. The molecule has 0 radical (unpaired) electrons. The zero-order valence-corrected chi connectivity index (χ0v) is 21.8. The first-order valence-electron chi connectivity index (χ1n) is 12.3. The van der Waals surface area contributed by atoms with E-state index >= 15 is 0 Å². The van der Waals surface area contributed by atoms with Gasteiger partial charge < -0.3 is 24.5 Å². The molecule has 5 rings (SSSR count). The predicted molar refractivity (Wildman–Crippen MR) is 146 cm³/mol. The smallest absolute Gasteiger partial charge is 0.491 e.